The summed E-state index contributed by atoms with van der Waals surface area (Å²) >= 11 is 0. The van der Waals surface area contributed by atoms with E-state index in [1.54, 1.807) is 0 Å². The minimum atomic E-state index is -0.0448. The molecule has 0 saturated carbocycles. The molecule has 0 unspecified atom stereocenters. The number of rotatable bonds is 8. The number of likely N-dealkylation sites (N-methyl/N-ethyl adjacent to an activating group) is 1. The van der Waals surface area contributed by atoms with E-state index in [9.17, 15) is 4.79 Å². The molecule has 1 fully saturated rings. The summed E-state index contributed by atoms with van der Waals surface area (Å²) in [5.41, 5.74) is 6.36. The fourth-order valence-corrected chi connectivity index (χ4v) is 4.49. The van der Waals surface area contributed by atoms with E-state index in [1.807, 2.05) is 35.9 Å². The standard InChI is InChI=1S/C27H35N5O/c1-4-30-12-14-31(15-13-30)20-26-10-6-5-9-25(26)18-28-27(33)24-11-7-8-23(17-24)19-32-22(3)16-21(2)29-32/h5-11,16-17H,4,12-15,18-20H2,1-3H3,(H,28,33). The van der Waals surface area contributed by atoms with Crippen LogP contribution in [0.25, 0.3) is 0 Å². The summed E-state index contributed by atoms with van der Waals surface area (Å²) in [4.78, 5) is 17.9. The average Bonchev–Trinajstić information content (AvgIpc) is 3.15. The minimum absolute atomic E-state index is 0.0448. The summed E-state index contributed by atoms with van der Waals surface area (Å²) in [6.07, 6.45) is 0. The normalized spacial score (nSPS) is 15.0. The molecular weight excluding hydrogens is 410 g/mol. The first-order valence-corrected chi connectivity index (χ1v) is 11.9. The van der Waals surface area contributed by atoms with Crippen molar-refractivity contribution in [2.75, 3.05) is 32.7 Å². The van der Waals surface area contributed by atoms with Gasteiger partial charge in [-0.15, -0.1) is 0 Å². The van der Waals surface area contributed by atoms with Gasteiger partial charge in [-0.1, -0.05) is 43.3 Å². The van der Waals surface area contributed by atoms with E-state index in [2.05, 4.69) is 64.4 Å². The molecule has 0 spiro atoms. The van der Waals surface area contributed by atoms with Crippen LogP contribution in [-0.4, -0.2) is 58.2 Å². The van der Waals surface area contributed by atoms with Gasteiger partial charge in [0, 0.05) is 50.5 Å². The molecule has 6 nitrogen and oxygen atoms in total. The van der Waals surface area contributed by atoms with Crippen molar-refractivity contribution in [3.8, 4) is 0 Å². The molecule has 174 valence electrons. The van der Waals surface area contributed by atoms with Crippen LogP contribution in [-0.2, 0) is 19.6 Å². The highest BCUT2D eigenvalue weighted by Crippen LogP contribution is 2.15. The Balaban J connectivity index is 1.37. The quantitative estimate of drug-likeness (QED) is 0.576. The number of nitrogens with zero attached hydrogens (tertiary/aromatic N) is 4. The molecule has 2 heterocycles. The van der Waals surface area contributed by atoms with Crippen molar-refractivity contribution in [3.05, 3.63) is 88.2 Å². The molecule has 3 aromatic rings. The number of aryl methyl sites for hydroxylation is 2. The third kappa shape index (κ3) is 6.09. The van der Waals surface area contributed by atoms with E-state index < -0.39 is 0 Å². The van der Waals surface area contributed by atoms with Crippen molar-refractivity contribution in [3.63, 3.8) is 0 Å². The van der Waals surface area contributed by atoms with Gasteiger partial charge in [-0.2, -0.15) is 5.10 Å². The first-order chi connectivity index (χ1) is 16.0. The number of carbonyl (C=O) groups excluding carboxylic acids is 1. The number of hydrogen-bond acceptors (Lipinski definition) is 4. The molecule has 1 aliphatic heterocycles. The van der Waals surface area contributed by atoms with Crippen LogP contribution in [0.3, 0.4) is 0 Å². The Hall–Kier alpha value is -2.96. The number of nitrogens with one attached hydrogen (secondary N) is 1. The Morgan fingerprint density at radius 2 is 1.64 bits per heavy atom. The summed E-state index contributed by atoms with van der Waals surface area (Å²) in [5, 5.41) is 7.66. The van der Waals surface area contributed by atoms with Crippen LogP contribution < -0.4 is 5.32 Å². The third-order valence-corrected chi connectivity index (χ3v) is 6.49. The topological polar surface area (TPSA) is 53.4 Å². The molecule has 1 N–H and O–H groups in total. The van der Waals surface area contributed by atoms with Crippen molar-refractivity contribution < 1.29 is 4.79 Å². The fraction of sp³-hybridized carbons (Fsp3) is 0.407. The number of benzene rings is 2. The summed E-state index contributed by atoms with van der Waals surface area (Å²) in [6, 6.07) is 18.3. The second-order valence-electron chi connectivity index (χ2n) is 8.95. The van der Waals surface area contributed by atoms with Gasteiger partial charge in [0.2, 0.25) is 0 Å². The van der Waals surface area contributed by atoms with Gasteiger partial charge in [0.15, 0.2) is 0 Å². The molecule has 6 heteroatoms. The van der Waals surface area contributed by atoms with Crippen molar-refractivity contribution in [2.24, 2.45) is 0 Å². The number of amides is 1. The molecule has 0 bridgehead atoms. The lowest BCUT2D eigenvalue weighted by molar-refractivity contribution is 0.0950. The Morgan fingerprint density at radius 1 is 0.909 bits per heavy atom. The molecule has 4 rings (SSSR count). The van der Waals surface area contributed by atoms with Crippen LogP contribution in [0.4, 0.5) is 0 Å². The maximum atomic E-state index is 12.9. The average molecular weight is 446 g/mol. The van der Waals surface area contributed by atoms with Crippen LogP contribution in [0.2, 0.25) is 0 Å². The highest BCUT2D eigenvalue weighted by Gasteiger charge is 2.17. The summed E-state index contributed by atoms with van der Waals surface area (Å²) < 4.78 is 1.98. The van der Waals surface area contributed by atoms with E-state index in [1.165, 1.54) is 11.1 Å². The lowest BCUT2D eigenvalue weighted by Gasteiger charge is -2.34. The SMILES string of the molecule is CCN1CCN(Cc2ccccc2CNC(=O)c2cccc(Cn3nc(C)cc3C)c2)CC1. The molecular formula is C27H35N5O. The van der Waals surface area contributed by atoms with E-state index >= 15 is 0 Å². The number of carbonyl (C=O) groups is 1. The molecule has 33 heavy (non-hydrogen) atoms. The van der Waals surface area contributed by atoms with E-state index in [4.69, 9.17) is 0 Å². The monoisotopic (exact) mass is 445 g/mol. The van der Waals surface area contributed by atoms with Gasteiger partial charge in [0.05, 0.1) is 12.2 Å². The molecule has 0 radical (unpaired) electrons. The van der Waals surface area contributed by atoms with Crippen LogP contribution in [0.15, 0.2) is 54.6 Å². The summed E-state index contributed by atoms with van der Waals surface area (Å²) in [5.74, 6) is -0.0448. The van der Waals surface area contributed by atoms with Gasteiger partial charge in [-0.3, -0.25) is 14.4 Å². The lowest BCUT2D eigenvalue weighted by Crippen LogP contribution is -2.45. The largest absolute Gasteiger partial charge is 0.348 e. The van der Waals surface area contributed by atoms with E-state index in [0.29, 0.717) is 18.7 Å². The minimum Gasteiger partial charge on any atom is -0.348 e. The maximum absolute atomic E-state index is 12.9. The number of piperazine rings is 1. The van der Waals surface area contributed by atoms with Gasteiger partial charge in [0.25, 0.3) is 5.91 Å². The zero-order valence-electron chi connectivity index (χ0n) is 20.1. The molecule has 0 aliphatic carbocycles. The smallest absolute Gasteiger partial charge is 0.251 e. The Morgan fingerprint density at radius 3 is 2.33 bits per heavy atom. The van der Waals surface area contributed by atoms with Crippen molar-refractivity contribution in [1.29, 1.82) is 0 Å². The number of hydrogen-bond donors (Lipinski definition) is 1. The zero-order chi connectivity index (χ0) is 23.2. The first-order valence-electron chi connectivity index (χ1n) is 11.9. The first kappa shape index (κ1) is 23.2. The van der Waals surface area contributed by atoms with Crippen LogP contribution in [0, 0.1) is 13.8 Å². The fourth-order valence-electron chi connectivity index (χ4n) is 4.49. The second kappa shape index (κ2) is 10.8. The highest BCUT2D eigenvalue weighted by molar-refractivity contribution is 5.94. The number of aromatic nitrogens is 2. The molecule has 1 amide bonds. The summed E-state index contributed by atoms with van der Waals surface area (Å²) in [7, 11) is 0. The Bertz CT molecular complexity index is 1080. The third-order valence-electron chi connectivity index (χ3n) is 6.49. The van der Waals surface area contributed by atoms with Gasteiger partial charge in [-0.25, -0.2) is 0 Å². The lowest BCUT2D eigenvalue weighted by atomic mass is 10.1. The van der Waals surface area contributed by atoms with Crippen molar-refractivity contribution >= 4 is 5.91 Å². The van der Waals surface area contributed by atoms with Crippen molar-refractivity contribution in [1.82, 2.24) is 24.9 Å². The van der Waals surface area contributed by atoms with Crippen LogP contribution in [0.5, 0.6) is 0 Å². The second-order valence-corrected chi connectivity index (χ2v) is 8.95. The summed E-state index contributed by atoms with van der Waals surface area (Å²) in [6.45, 7) is 14.0. The zero-order valence-corrected chi connectivity index (χ0v) is 20.1. The van der Waals surface area contributed by atoms with Gasteiger partial charge in [0.1, 0.15) is 0 Å². The predicted molar refractivity (Wildman–Crippen MR) is 132 cm³/mol. The Kier molecular flexibility index (Phi) is 7.57. The Labute approximate surface area is 197 Å². The molecule has 0 atom stereocenters. The molecule has 1 aliphatic rings. The maximum Gasteiger partial charge on any atom is 0.251 e. The van der Waals surface area contributed by atoms with Gasteiger partial charge >= 0.3 is 0 Å². The van der Waals surface area contributed by atoms with E-state index in [-0.39, 0.29) is 5.91 Å². The highest BCUT2D eigenvalue weighted by atomic mass is 16.1. The van der Waals surface area contributed by atoms with E-state index in [0.717, 1.165) is 56.2 Å². The molecule has 2 aromatic carbocycles. The molecule has 1 saturated heterocycles. The van der Waals surface area contributed by atoms with Crippen LogP contribution in [0.1, 0.15) is 45.4 Å². The van der Waals surface area contributed by atoms with Crippen molar-refractivity contribution in [2.45, 2.75) is 40.4 Å². The van der Waals surface area contributed by atoms with Gasteiger partial charge in [-0.05, 0) is 55.3 Å². The van der Waals surface area contributed by atoms with Gasteiger partial charge < -0.3 is 10.2 Å². The predicted octanol–water partition coefficient (Wildman–Crippen LogP) is 3.62. The van der Waals surface area contributed by atoms with Crippen LogP contribution >= 0.6 is 0 Å². The molecule has 1 aromatic heterocycles.